The molecule has 0 spiro atoms. The predicted molar refractivity (Wildman–Crippen MR) is 77.0 cm³/mol. The SMILES string of the molecule is CC(C)(C)OC(=O)NCCCO.Cc1cc(F)cc(F)c1. The molecule has 0 saturated heterocycles. The molecule has 4 nitrogen and oxygen atoms in total. The first kappa shape index (κ1) is 19.3. The van der Waals surface area contributed by atoms with E-state index in [4.69, 9.17) is 9.84 Å². The zero-order chi connectivity index (χ0) is 16.5. The van der Waals surface area contributed by atoms with Crippen molar-refractivity contribution < 1.29 is 23.4 Å². The molecule has 21 heavy (non-hydrogen) atoms. The van der Waals surface area contributed by atoms with E-state index < -0.39 is 23.3 Å². The molecule has 6 heteroatoms. The quantitative estimate of drug-likeness (QED) is 0.843. The maximum absolute atomic E-state index is 12.2. The van der Waals surface area contributed by atoms with E-state index in [1.165, 1.54) is 12.1 Å². The first-order valence-corrected chi connectivity index (χ1v) is 6.64. The smallest absolute Gasteiger partial charge is 0.407 e. The van der Waals surface area contributed by atoms with Gasteiger partial charge in [-0.15, -0.1) is 0 Å². The van der Waals surface area contributed by atoms with Crippen LogP contribution in [0.1, 0.15) is 32.8 Å². The molecule has 120 valence electrons. The maximum atomic E-state index is 12.2. The van der Waals surface area contributed by atoms with E-state index in [0.717, 1.165) is 6.07 Å². The standard InChI is InChI=1S/C8H17NO3.C7H6F2/c1-8(2,3)12-7(11)9-5-4-6-10;1-5-2-6(8)4-7(9)3-5/h10H,4-6H2,1-3H3,(H,9,11);2-4H,1H3. The van der Waals surface area contributed by atoms with Gasteiger partial charge in [0, 0.05) is 19.2 Å². The molecule has 1 aromatic carbocycles. The van der Waals surface area contributed by atoms with Gasteiger partial charge in [-0.1, -0.05) is 0 Å². The van der Waals surface area contributed by atoms with Crippen LogP contribution in [0.5, 0.6) is 0 Å². The Bertz CT molecular complexity index is 395. The van der Waals surface area contributed by atoms with E-state index in [1.54, 1.807) is 27.7 Å². The lowest BCUT2D eigenvalue weighted by Gasteiger charge is -2.19. The summed E-state index contributed by atoms with van der Waals surface area (Å²) >= 11 is 0. The Balaban J connectivity index is 0.000000394. The number of amides is 1. The summed E-state index contributed by atoms with van der Waals surface area (Å²) < 4.78 is 29.3. The van der Waals surface area contributed by atoms with Crippen LogP contribution in [-0.2, 0) is 4.74 Å². The fourth-order valence-corrected chi connectivity index (χ4v) is 1.28. The summed E-state index contributed by atoms with van der Waals surface area (Å²) in [6.45, 7) is 7.59. The molecule has 0 radical (unpaired) electrons. The number of aryl methyl sites for hydroxylation is 1. The monoisotopic (exact) mass is 303 g/mol. The molecule has 0 heterocycles. The van der Waals surface area contributed by atoms with Crippen LogP contribution in [-0.4, -0.2) is 30.0 Å². The summed E-state index contributed by atoms with van der Waals surface area (Å²) in [5.74, 6) is -1.04. The number of hydrogen-bond donors (Lipinski definition) is 2. The van der Waals surface area contributed by atoms with Crippen molar-refractivity contribution in [2.45, 2.75) is 39.7 Å². The van der Waals surface area contributed by atoms with Crippen molar-refractivity contribution in [3.8, 4) is 0 Å². The van der Waals surface area contributed by atoms with Crippen molar-refractivity contribution in [3.05, 3.63) is 35.4 Å². The van der Waals surface area contributed by atoms with Crippen molar-refractivity contribution in [3.63, 3.8) is 0 Å². The summed E-state index contributed by atoms with van der Waals surface area (Å²) in [4.78, 5) is 10.9. The third-order valence-corrected chi connectivity index (χ3v) is 2.01. The number of ether oxygens (including phenoxy) is 1. The second kappa shape index (κ2) is 9.28. The van der Waals surface area contributed by atoms with E-state index in [1.807, 2.05) is 0 Å². The fourth-order valence-electron chi connectivity index (χ4n) is 1.28. The van der Waals surface area contributed by atoms with Gasteiger partial charge < -0.3 is 15.2 Å². The normalized spacial score (nSPS) is 10.4. The molecule has 0 aliphatic rings. The average molecular weight is 303 g/mol. The van der Waals surface area contributed by atoms with Gasteiger partial charge in [-0.3, -0.25) is 0 Å². The zero-order valence-electron chi connectivity index (χ0n) is 12.9. The van der Waals surface area contributed by atoms with Crippen LogP contribution < -0.4 is 5.32 Å². The minimum Gasteiger partial charge on any atom is -0.444 e. The first-order valence-electron chi connectivity index (χ1n) is 6.64. The molecule has 0 fully saturated rings. The molecule has 0 aliphatic heterocycles. The molecule has 1 aromatic rings. The molecular weight excluding hydrogens is 280 g/mol. The second-order valence-corrected chi connectivity index (χ2v) is 5.45. The molecular formula is C15H23F2NO3. The van der Waals surface area contributed by atoms with Crippen molar-refractivity contribution in [1.29, 1.82) is 0 Å². The second-order valence-electron chi connectivity index (χ2n) is 5.45. The van der Waals surface area contributed by atoms with Gasteiger partial charge in [0.2, 0.25) is 0 Å². The highest BCUT2D eigenvalue weighted by Gasteiger charge is 2.15. The Morgan fingerprint density at radius 3 is 2.14 bits per heavy atom. The highest BCUT2D eigenvalue weighted by molar-refractivity contribution is 5.67. The van der Waals surface area contributed by atoms with Gasteiger partial charge in [0.1, 0.15) is 17.2 Å². The van der Waals surface area contributed by atoms with E-state index >= 15 is 0 Å². The third kappa shape index (κ3) is 11.8. The maximum Gasteiger partial charge on any atom is 0.407 e. The Morgan fingerprint density at radius 1 is 1.24 bits per heavy atom. The lowest BCUT2D eigenvalue weighted by Crippen LogP contribution is -2.33. The van der Waals surface area contributed by atoms with E-state index in [9.17, 15) is 13.6 Å². The number of carbonyl (C=O) groups excluding carboxylic acids is 1. The van der Waals surface area contributed by atoms with Crippen LogP contribution in [0.4, 0.5) is 13.6 Å². The van der Waals surface area contributed by atoms with Crippen molar-refractivity contribution in [2.75, 3.05) is 13.2 Å². The summed E-state index contributed by atoms with van der Waals surface area (Å²) in [6.07, 6.45) is 0.120. The predicted octanol–water partition coefficient (Wildman–Crippen LogP) is 3.17. The third-order valence-electron chi connectivity index (χ3n) is 2.01. The minimum absolute atomic E-state index is 0.0792. The number of benzene rings is 1. The number of aliphatic hydroxyl groups is 1. The number of aliphatic hydroxyl groups excluding tert-OH is 1. The first-order chi connectivity index (χ1) is 9.64. The number of alkyl carbamates (subject to hydrolysis) is 1. The average Bonchev–Trinajstić information content (AvgIpc) is 2.25. The number of carbonyl (C=O) groups is 1. The Labute approximate surface area is 124 Å². The molecule has 0 atom stereocenters. The lowest BCUT2D eigenvalue weighted by molar-refractivity contribution is 0.0525. The van der Waals surface area contributed by atoms with Crippen LogP contribution in [0.2, 0.25) is 0 Å². The van der Waals surface area contributed by atoms with Gasteiger partial charge in [-0.2, -0.15) is 0 Å². The molecule has 2 N–H and O–H groups in total. The van der Waals surface area contributed by atoms with Crippen molar-refractivity contribution in [1.82, 2.24) is 5.32 Å². The van der Waals surface area contributed by atoms with Crippen LogP contribution >= 0.6 is 0 Å². The van der Waals surface area contributed by atoms with E-state index in [2.05, 4.69) is 5.32 Å². The molecule has 1 rings (SSSR count). The molecule has 0 bridgehead atoms. The molecule has 0 saturated carbocycles. The van der Waals surface area contributed by atoms with Crippen LogP contribution in [0.15, 0.2) is 18.2 Å². The Morgan fingerprint density at radius 2 is 1.76 bits per heavy atom. The van der Waals surface area contributed by atoms with E-state index in [0.29, 0.717) is 18.5 Å². The highest BCUT2D eigenvalue weighted by atomic mass is 19.1. The Hall–Kier alpha value is -1.69. The lowest BCUT2D eigenvalue weighted by atomic mass is 10.2. The van der Waals surface area contributed by atoms with Crippen LogP contribution in [0.25, 0.3) is 0 Å². The van der Waals surface area contributed by atoms with E-state index in [-0.39, 0.29) is 6.61 Å². The van der Waals surface area contributed by atoms with Crippen LogP contribution in [0.3, 0.4) is 0 Å². The van der Waals surface area contributed by atoms with Gasteiger partial charge in [0.25, 0.3) is 0 Å². The molecule has 0 aromatic heterocycles. The number of rotatable bonds is 3. The Kier molecular flexibility index (Phi) is 8.54. The largest absolute Gasteiger partial charge is 0.444 e. The van der Waals surface area contributed by atoms with Crippen LogP contribution in [0, 0.1) is 18.6 Å². The van der Waals surface area contributed by atoms with Gasteiger partial charge in [-0.05, 0) is 51.8 Å². The topological polar surface area (TPSA) is 58.6 Å². The minimum atomic E-state index is -0.521. The number of hydrogen-bond acceptors (Lipinski definition) is 3. The van der Waals surface area contributed by atoms with Gasteiger partial charge in [-0.25, -0.2) is 13.6 Å². The summed E-state index contributed by atoms with van der Waals surface area (Å²) in [5.41, 5.74) is 0.149. The fraction of sp³-hybridized carbons (Fsp3) is 0.533. The van der Waals surface area contributed by atoms with Gasteiger partial charge >= 0.3 is 6.09 Å². The van der Waals surface area contributed by atoms with Crippen molar-refractivity contribution >= 4 is 6.09 Å². The van der Waals surface area contributed by atoms with Gasteiger partial charge in [0.05, 0.1) is 0 Å². The highest BCUT2D eigenvalue weighted by Crippen LogP contribution is 2.06. The molecule has 0 aliphatic carbocycles. The number of halogens is 2. The summed E-state index contributed by atoms with van der Waals surface area (Å²) in [6, 6.07) is 3.42. The zero-order valence-corrected chi connectivity index (χ0v) is 12.9. The molecule has 0 unspecified atom stereocenters. The summed E-state index contributed by atoms with van der Waals surface area (Å²) in [5, 5.41) is 10.9. The number of nitrogens with one attached hydrogen (secondary N) is 1. The molecule has 1 amide bonds. The van der Waals surface area contributed by atoms with Crippen molar-refractivity contribution in [2.24, 2.45) is 0 Å². The van der Waals surface area contributed by atoms with Gasteiger partial charge in [0.15, 0.2) is 0 Å². The summed E-state index contributed by atoms with van der Waals surface area (Å²) in [7, 11) is 0.